The van der Waals surface area contributed by atoms with Gasteiger partial charge in [-0.3, -0.25) is 4.79 Å². The molecule has 0 spiro atoms. The van der Waals surface area contributed by atoms with Crippen molar-refractivity contribution < 1.29 is 21.2 Å². The van der Waals surface area contributed by atoms with E-state index >= 15 is 0 Å². The van der Waals surface area contributed by atoms with Gasteiger partial charge in [-0.05, 0) is 67.6 Å². The van der Waals surface area contributed by atoms with Crippen LogP contribution >= 0.6 is 0 Å². The highest BCUT2D eigenvalue weighted by molar-refractivity contribution is 7.89. The molecule has 3 heterocycles. The molecular weight excluding hydrogens is 585 g/mol. The van der Waals surface area contributed by atoms with Gasteiger partial charge in [0.05, 0.1) is 16.3 Å². The van der Waals surface area contributed by atoms with Crippen LogP contribution in [0.3, 0.4) is 0 Å². The molecule has 1 saturated carbocycles. The molecule has 2 N–H and O–H groups in total. The van der Waals surface area contributed by atoms with E-state index in [0.717, 1.165) is 31.2 Å². The summed E-state index contributed by atoms with van der Waals surface area (Å²) in [6.45, 7) is 0.649. The molecule has 15 heteroatoms. The summed E-state index contributed by atoms with van der Waals surface area (Å²) in [6.07, 6.45) is 4.42. The number of halogens is 1. The van der Waals surface area contributed by atoms with Gasteiger partial charge in [-0.1, -0.05) is 30.2 Å². The second-order valence-electron chi connectivity index (χ2n) is 10.7. The van der Waals surface area contributed by atoms with Crippen LogP contribution in [-0.2, 0) is 26.6 Å². The zero-order valence-corrected chi connectivity index (χ0v) is 24.2. The third-order valence-electron chi connectivity index (χ3n) is 7.93. The molecule has 4 aromatic rings. The minimum absolute atomic E-state index is 0.0180. The molecule has 2 aliphatic rings. The Morgan fingerprint density at radius 2 is 1.55 bits per heavy atom. The number of rotatable bonds is 8. The summed E-state index contributed by atoms with van der Waals surface area (Å²) in [5.41, 5.74) is 0.712. The first kappa shape index (κ1) is 28.6. The number of aromatic nitrogens is 5. The molecule has 2 aromatic heterocycles. The average Bonchev–Trinajstić information content (AvgIpc) is 3.64. The van der Waals surface area contributed by atoms with Gasteiger partial charge in [0.15, 0.2) is 11.2 Å². The highest BCUT2D eigenvalue weighted by Crippen LogP contribution is 2.30. The summed E-state index contributed by atoms with van der Waals surface area (Å²) in [4.78, 5) is 20.2. The number of H-pyrrole nitrogens is 1. The van der Waals surface area contributed by atoms with Crippen molar-refractivity contribution in [3.63, 3.8) is 0 Å². The van der Waals surface area contributed by atoms with Gasteiger partial charge in [-0.25, -0.2) is 35.6 Å². The summed E-state index contributed by atoms with van der Waals surface area (Å²) >= 11 is 0. The zero-order chi connectivity index (χ0) is 29.5. The maximum absolute atomic E-state index is 13.3. The Morgan fingerprint density at radius 3 is 2.21 bits per heavy atom. The van der Waals surface area contributed by atoms with Crippen molar-refractivity contribution in [3.05, 3.63) is 76.1 Å². The number of sulfonamides is 2. The number of nitrogens with one attached hydrogen (secondary N) is 2. The van der Waals surface area contributed by atoms with E-state index in [1.165, 1.54) is 45.4 Å². The highest BCUT2D eigenvalue weighted by atomic mass is 32.2. The molecule has 0 radical (unpaired) electrons. The number of nitrogens with zero attached hydrogens (tertiary/aromatic N) is 5. The van der Waals surface area contributed by atoms with E-state index in [9.17, 15) is 26.0 Å². The lowest BCUT2D eigenvalue weighted by atomic mass is 9.97. The number of benzene rings is 2. The molecule has 222 valence electrons. The van der Waals surface area contributed by atoms with Crippen molar-refractivity contribution >= 4 is 31.2 Å². The molecule has 0 amide bonds. The van der Waals surface area contributed by atoms with Crippen molar-refractivity contribution in [1.82, 2.24) is 34.0 Å². The fourth-order valence-electron chi connectivity index (χ4n) is 5.59. The predicted octanol–water partition coefficient (Wildman–Crippen LogP) is 2.49. The van der Waals surface area contributed by atoms with Gasteiger partial charge in [0.25, 0.3) is 5.56 Å². The van der Waals surface area contributed by atoms with Crippen molar-refractivity contribution in [2.45, 2.75) is 66.8 Å². The van der Waals surface area contributed by atoms with Gasteiger partial charge >= 0.3 is 0 Å². The zero-order valence-electron chi connectivity index (χ0n) is 22.6. The quantitative estimate of drug-likeness (QED) is 0.306. The average molecular weight is 616 g/mol. The first-order valence-electron chi connectivity index (χ1n) is 13.8. The topological polar surface area (TPSA) is 160 Å². The summed E-state index contributed by atoms with van der Waals surface area (Å²) in [5.74, 6) is -0.127. The van der Waals surface area contributed by atoms with Gasteiger partial charge in [0.2, 0.25) is 20.0 Å². The molecule has 0 unspecified atom stereocenters. The van der Waals surface area contributed by atoms with Crippen LogP contribution in [0.4, 0.5) is 4.39 Å². The molecule has 1 saturated heterocycles. The Morgan fingerprint density at radius 1 is 0.905 bits per heavy atom. The fraction of sp³-hybridized carbons (Fsp3) is 0.407. The Bertz CT molecular complexity index is 1860. The summed E-state index contributed by atoms with van der Waals surface area (Å²) in [5, 5.41) is 7.99. The SMILES string of the molecule is O=c1[nH]c(C2CCN(S(=O)(=O)c3ccc(S(=O)(=O)NC4CCCC4)cc3)CC2)nc2c1nnn2Cc1ccc(F)cc1. The van der Waals surface area contributed by atoms with Crippen LogP contribution in [0.1, 0.15) is 55.8 Å². The van der Waals surface area contributed by atoms with Crippen LogP contribution in [0.5, 0.6) is 0 Å². The monoisotopic (exact) mass is 615 g/mol. The van der Waals surface area contributed by atoms with Crippen LogP contribution in [0.2, 0.25) is 0 Å². The van der Waals surface area contributed by atoms with Crippen molar-refractivity contribution in [3.8, 4) is 0 Å². The summed E-state index contributed by atoms with van der Waals surface area (Å²) in [7, 11) is -7.58. The molecule has 2 fully saturated rings. The number of fused-ring (bicyclic) bond motifs is 1. The number of piperidine rings is 1. The van der Waals surface area contributed by atoms with E-state index in [1.807, 2.05) is 0 Å². The van der Waals surface area contributed by atoms with Gasteiger partial charge in [-0.15, -0.1) is 5.10 Å². The lowest BCUT2D eigenvalue weighted by Crippen LogP contribution is -2.38. The normalized spacial score (nSPS) is 17.7. The molecule has 1 aliphatic heterocycles. The Kier molecular flexibility index (Phi) is 7.68. The molecule has 42 heavy (non-hydrogen) atoms. The molecule has 0 atom stereocenters. The third-order valence-corrected chi connectivity index (χ3v) is 11.4. The van der Waals surface area contributed by atoms with E-state index in [0.29, 0.717) is 24.3 Å². The number of aromatic amines is 1. The number of hydrogen-bond acceptors (Lipinski definition) is 8. The minimum Gasteiger partial charge on any atom is -0.308 e. The lowest BCUT2D eigenvalue weighted by molar-refractivity contribution is 0.313. The maximum Gasteiger partial charge on any atom is 0.281 e. The molecule has 6 rings (SSSR count). The highest BCUT2D eigenvalue weighted by Gasteiger charge is 2.32. The van der Waals surface area contributed by atoms with Crippen LogP contribution in [0, 0.1) is 5.82 Å². The second kappa shape index (κ2) is 11.3. The number of hydrogen-bond donors (Lipinski definition) is 2. The predicted molar refractivity (Wildman–Crippen MR) is 151 cm³/mol. The second-order valence-corrected chi connectivity index (χ2v) is 14.4. The van der Waals surface area contributed by atoms with Crippen LogP contribution in [0.25, 0.3) is 11.2 Å². The molecule has 12 nitrogen and oxygen atoms in total. The van der Waals surface area contributed by atoms with Crippen LogP contribution in [-0.4, -0.2) is 65.2 Å². The third kappa shape index (κ3) is 5.73. The molecule has 1 aliphatic carbocycles. The largest absolute Gasteiger partial charge is 0.308 e. The van der Waals surface area contributed by atoms with Crippen LogP contribution in [0.15, 0.2) is 63.1 Å². The first-order chi connectivity index (χ1) is 20.1. The van der Waals surface area contributed by atoms with E-state index in [1.54, 1.807) is 12.1 Å². The summed E-state index contributed by atoms with van der Waals surface area (Å²) in [6, 6.07) is 11.1. The Labute approximate surface area is 242 Å². The summed E-state index contributed by atoms with van der Waals surface area (Å²) < 4.78 is 70.9. The van der Waals surface area contributed by atoms with Gasteiger partial charge in [-0.2, -0.15) is 4.31 Å². The standard InChI is InChI=1S/C27H30FN7O5S2/c28-20-7-5-18(6-8-20)17-35-26-24(31-33-35)27(36)30-25(29-26)19-13-15-34(16-14-19)42(39,40)23-11-9-22(10-12-23)41(37,38)32-21-3-1-2-4-21/h5-12,19,21,32H,1-4,13-17H2,(H,29,30,36). The first-order valence-corrected chi connectivity index (χ1v) is 16.7. The Hall–Kier alpha value is -3.53. The van der Waals surface area contributed by atoms with E-state index < -0.39 is 25.6 Å². The van der Waals surface area contributed by atoms with Crippen molar-refractivity contribution in [1.29, 1.82) is 0 Å². The van der Waals surface area contributed by atoms with E-state index in [4.69, 9.17) is 0 Å². The fourth-order valence-corrected chi connectivity index (χ4v) is 8.36. The smallest absolute Gasteiger partial charge is 0.281 e. The van der Waals surface area contributed by atoms with E-state index in [2.05, 4.69) is 25.0 Å². The maximum atomic E-state index is 13.3. The molecule has 2 aromatic carbocycles. The van der Waals surface area contributed by atoms with Gasteiger partial charge in [0, 0.05) is 25.0 Å². The van der Waals surface area contributed by atoms with Crippen LogP contribution < -0.4 is 10.3 Å². The minimum atomic E-state index is -3.86. The Balaban J connectivity index is 1.15. The molecular formula is C27H30FN7O5S2. The van der Waals surface area contributed by atoms with Gasteiger partial charge < -0.3 is 4.98 Å². The lowest BCUT2D eigenvalue weighted by Gasteiger charge is -2.30. The molecule has 0 bridgehead atoms. The van der Waals surface area contributed by atoms with Crippen molar-refractivity contribution in [2.24, 2.45) is 0 Å². The van der Waals surface area contributed by atoms with Gasteiger partial charge in [0.1, 0.15) is 11.6 Å². The van der Waals surface area contributed by atoms with E-state index in [-0.39, 0.29) is 52.7 Å². The van der Waals surface area contributed by atoms with Crippen molar-refractivity contribution in [2.75, 3.05) is 13.1 Å².